The van der Waals surface area contributed by atoms with Crippen LogP contribution in [-0.4, -0.2) is 43.3 Å². The predicted octanol–water partition coefficient (Wildman–Crippen LogP) is 1.52. The van der Waals surface area contributed by atoms with Crippen LogP contribution in [0.4, 0.5) is 0 Å². The highest BCUT2D eigenvalue weighted by molar-refractivity contribution is 6.39. The lowest BCUT2D eigenvalue weighted by atomic mass is 10.1. The van der Waals surface area contributed by atoms with Crippen LogP contribution >= 0.6 is 0 Å². The molecule has 6 heteroatoms. The van der Waals surface area contributed by atoms with Gasteiger partial charge in [-0.1, -0.05) is 0 Å². The number of ketones is 1. The van der Waals surface area contributed by atoms with Gasteiger partial charge in [0.1, 0.15) is 6.10 Å². The molecule has 1 N–H and O–H groups in total. The summed E-state index contributed by atoms with van der Waals surface area (Å²) >= 11 is 0. The molecule has 1 atom stereocenters. The molecule has 0 aliphatic carbocycles. The minimum Gasteiger partial charge on any atom is -0.493 e. The normalized spacial score (nSPS) is 18.4. The Morgan fingerprint density at radius 1 is 1.35 bits per heavy atom. The zero-order valence-electron chi connectivity index (χ0n) is 11.1. The summed E-state index contributed by atoms with van der Waals surface area (Å²) in [4.78, 5) is 22.1. The van der Waals surface area contributed by atoms with Crippen LogP contribution in [0.25, 0.3) is 0 Å². The van der Waals surface area contributed by atoms with Gasteiger partial charge in [0.05, 0.1) is 13.7 Å². The van der Waals surface area contributed by atoms with Gasteiger partial charge in [-0.2, -0.15) is 0 Å². The first-order chi connectivity index (χ1) is 9.61. The van der Waals surface area contributed by atoms with Crippen molar-refractivity contribution in [2.45, 2.75) is 18.9 Å². The fraction of sp³-hybridized carbons (Fsp3) is 0.429. The fourth-order valence-corrected chi connectivity index (χ4v) is 2.01. The molecule has 1 aromatic carbocycles. The summed E-state index contributed by atoms with van der Waals surface area (Å²) in [5.74, 6) is -1.66. The molecule has 0 amide bonds. The van der Waals surface area contributed by atoms with Crippen molar-refractivity contribution in [2.24, 2.45) is 0 Å². The van der Waals surface area contributed by atoms with Gasteiger partial charge in [0.15, 0.2) is 11.5 Å². The molecule has 1 fully saturated rings. The van der Waals surface area contributed by atoms with Crippen molar-refractivity contribution in [3.05, 3.63) is 23.8 Å². The van der Waals surface area contributed by atoms with E-state index >= 15 is 0 Å². The molecule has 0 radical (unpaired) electrons. The van der Waals surface area contributed by atoms with Crippen molar-refractivity contribution in [1.82, 2.24) is 0 Å². The molecular weight excluding hydrogens is 264 g/mol. The van der Waals surface area contributed by atoms with E-state index in [9.17, 15) is 9.59 Å². The number of carboxylic acids is 1. The van der Waals surface area contributed by atoms with Gasteiger partial charge in [0, 0.05) is 12.2 Å². The zero-order chi connectivity index (χ0) is 14.5. The van der Waals surface area contributed by atoms with Gasteiger partial charge in [0.2, 0.25) is 0 Å². The van der Waals surface area contributed by atoms with Crippen molar-refractivity contribution < 1.29 is 28.9 Å². The maximum atomic E-state index is 11.4. The number of carbonyl (C=O) groups excluding carboxylic acids is 1. The number of Topliss-reactive ketones (excluding diaryl/α,β-unsaturated/α-hetero) is 1. The van der Waals surface area contributed by atoms with Gasteiger partial charge in [-0.3, -0.25) is 4.79 Å². The van der Waals surface area contributed by atoms with Crippen molar-refractivity contribution in [3.63, 3.8) is 0 Å². The van der Waals surface area contributed by atoms with Crippen LogP contribution in [0.15, 0.2) is 18.2 Å². The van der Waals surface area contributed by atoms with Crippen molar-refractivity contribution >= 4 is 11.8 Å². The number of benzene rings is 1. The Hall–Kier alpha value is -2.08. The van der Waals surface area contributed by atoms with Crippen LogP contribution < -0.4 is 9.47 Å². The average Bonchev–Trinajstić information content (AvgIpc) is 2.48. The number of methoxy groups -OCH3 is 1. The van der Waals surface area contributed by atoms with E-state index in [1.807, 2.05) is 0 Å². The van der Waals surface area contributed by atoms with Crippen molar-refractivity contribution in [2.75, 3.05) is 20.3 Å². The monoisotopic (exact) mass is 280 g/mol. The Morgan fingerprint density at radius 3 is 2.75 bits per heavy atom. The second-order valence-corrected chi connectivity index (χ2v) is 4.46. The molecule has 1 heterocycles. The molecule has 0 aromatic heterocycles. The van der Waals surface area contributed by atoms with Crippen molar-refractivity contribution in [3.8, 4) is 11.5 Å². The van der Waals surface area contributed by atoms with E-state index in [4.69, 9.17) is 19.3 Å². The summed E-state index contributed by atoms with van der Waals surface area (Å²) in [6.45, 7) is 1.25. The standard InChI is InChI=1S/C14H16O6/c1-18-12-7-9(13(15)14(16)17)4-5-11(12)20-10-3-2-6-19-8-10/h4-5,7,10H,2-3,6,8H2,1H3,(H,16,17). The highest BCUT2D eigenvalue weighted by Crippen LogP contribution is 2.30. The average molecular weight is 280 g/mol. The molecule has 108 valence electrons. The van der Waals surface area contributed by atoms with E-state index in [-0.39, 0.29) is 11.7 Å². The number of carboxylic acid groups (broad SMARTS) is 1. The van der Waals surface area contributed by atoms with Crippen LogP contribution in [-0.2, 0) is 9.53 Å². The maximum absolute atomic E-state index is 11.4. The molecule has 20 heavy (non-hydrogen) atoms. The Kier molecular flexibility index (Phi) is 4.57. The first kappa shape index (κ1) is 14.3. The number of hydrogen-bond acceptors (Lipinski definition) is 5. The molecule has 1 aliphatic rings. The highest BCUT2D eigenvalue weighted by atomic mass is 16.5. The molecule has 1 unspecified atom stereocenters. The van der Waals surface area contributed by atoms with Crippen LogP contribution in [0.2, 0.25) is 0 Å². The lowest BCUT2D eigenvalue weighted by Crippen LogP contribution is -2.28. The molecule has 1 saturated heterocycles. The first-order valence-electron chi connectivity index (χ1n) is 6.32. The van der Waals surface area contributed by atoms with Crippen LogP contribution in [0.5, 0.6) is 11.5 Å². The van der Waals surface area contributed by atoms with Gasteiger partial charge in [-0.15, -0.1) is 0 Å². The molecule has 0 bridgehead atoms. The van der Waals surface area contributed by atoms with Crippen molar-refractivity contribution in [1.29, 1.82) is 0 Å². The van der Waals surface area contributed by atoms with E-state index in [0.717, 1.165) is 19.4 Å². The maximum Gasteiger partial charge on any atom is 0.377 e. The smallest absolute Gasteiger partial charge is 0.377 e. The minimum atomic E-state index is -1.50. The summed E-state index contributed by atoms with van der Waals surface area (Å²) < 4.78 is 16.2. The van der Waals surface area contributed by atoms with Gasteiger partial charge in [-0.25, -0.2) is 4.79 Å². The molecule has 6 nitrogen and oxygen atoms in total. The number of hydrogen-bond donors (Lipinski definition) is 1. The molecule has 0 spiro atoms. The van der Waals surface area contributed by atoms with Gasteiger partial charge < -0.3 is 19.3 Å². The predicted molar refractivity (Wildman–Crippen MR) is 69.4 cm³/mol. The summed E-state index contributed by atoms with van der Waals surface area (Å²) in [6, 6.07) is 4.33. The van der Waals surface area contributed by atoms with E-state index in [1.54, 1.807) is 6.07 Å². The van der Waals surface area contributed by atoms with E-state index in [2.05, 4.69) is 0 Å². The number of carbonyl (C=O) groups is 2. The summed E-state index contributed by atoms with van der Waals surface area (Å²) in [5.41, 5.74) is 0.0570. The Balaban J connectivity index is 2.17. The third kappa shape index (κ3) is 3.27. The van der Waals surface area contributed by atoms with E-state index < -0.39 is 11.8 Å². The molecule has 2 rings (SSSR count). The molecular formula is C14H16O6. The van der Waals surface area contributed by atoms with Gasteiger partial charge >= 0.3 is 5.97 Å². The summed E-state index contributed by atoms with van der Waals surface area (Å²) in [6.07, 6.45) is 1.76. The summed E-state index contributed by atoms with van der Waals surface area (Å²) in [7, 11) is 1.44. The number of ether oxygens (including phenoxy) is 3. The topological polar surface area (TPSA) is 82.1 Å². The zero-order valence-corrected chi connectivity index (χ0v) is 11.1. The number of aliphatic carboxylic acids is 1. The van der Waals surface area contributed by atoms with Crippen LogP contribution in [0.3, 0.4) is 0 Å². The van der Waals surface area contributed by atoms with E-state index in [0.29, 0.717) is 18.1 Å². The quantitative estimate of drug-likeness (QED) is 0.650. The highest BCUT2D eigenvalue weighted by Gasteiger charge is 2.20. The van der Waals surface area contributed by atoms with Gasteiger partial charge in [0.25, 0.3) is 5.78 Å². The lowest BCUT2D eigenvalue weighted by Gasteiger charge is -2.24. The second kappa shape index (κ2) is 6.38. The summed E-state index contributed by atoms with van der Waals surface area (Å²) in [5, 5.41) is 8.69. The van der Waals surface area contributed by atoms with Gasteiger partial charge in [-0.05, 0) is 31.0 Å². The van der Waals surface area contributed by atoms with Crippen LogP contribution in [0, 0.1) is 0 Å². The van der Waals surface area contributed by atoms with Crippen LogP contribution in [0.1, 0.15) is 23.2 Å². The van der Waals surface area contributed by atoms with E-state index in [1.165, 1.54) is 19.2 Å². The number of rotatable bonds is 5. The molecule has 1 aliphatic heterocycles. The fourth-order valence-electron chi connectivity index (χ4n) is 2.01. The third-order valence-corrected chi connectivity index (χ3v) is 3.03. The second-order valence-electron chi connectivity index (χ2n) is 4.46. The largest absolute Gasteiger partial charge is 0.493 e. The molecule has 1 aromatic rings. The molecule has 0 saturated carbocycles. The lowest BCUT2D eigenvalue weighted by molar-refractivity contribution is -0.131. The Morgan fingerprint density at radius 2 is 2.15 bits per heavy atom. The minimum absolute atomic E-state index is 0.0568. The third-order valence-electron chi connectivity index (χ3n) is 3.03. The Bertz CT molecular complexity index is 504. The first-order valence-corrected chi connectivity index (χ1v) is 6.32. The SMILES string of the molecule is COc1cc(C(=O)C(=O)O)ccc1OC1CCCOC1. The Labute approximate surface area is 116 Å².